The Kier molecular flexibility index (Phi) is 5.60. The minimum absolute atomic E-state index is 0.285. The number of fused-ring (bicyclic) bond motifs is 1. The van der Waals surface area contributed by atoms with Gasteiger partial charge in [0.15, 0.2) is 0 Å². The minimum atomic E-state index is -4.34. The third kappa shape index (κ3) is 4.71. The maximum Gasteiger partial charge on any atom is 0.416 e. The second kappa shape index (κ2) is 8.33. The fourth-order valence-electron chi connectivity index (χ4n) is 2.95. The highest BCUT2D eigenvalue weighted by molar-refractivity contribution is 7.18. The van der Waals surface area contributed by atoms with Gasteiger partial charge in [0.1, 0.15) is 11.3 Å². The maximum absolute atomic E-state index is 12.6. The Morgan fingerprint density at radius 3 is 2.63 bits per heavy atom. The van der Waals surface area contributed by atoms with E-state index in [9.17, 15) is 13.2 Å². The van der Waals surface area contributed by atoms with E-state index in [0.717, 1.165) is 39.2 Å². The molecule has 0 spiro atoms. The predicted molar refractivity (Wildman–Crippen MR) is 110 cm³/mol. The molecule has 0 fully saturated rings. The van der Waals surface area contributed by atoms with Gasteiger partial charge in [0.25, 0.3) is 0 Å². The van der Waals surface area contributed by atoms with Crippen molar-refractivity contribution in [3.05, 3.63) is 66.1 Å². The molecule has 0 saturated carbocycles. The molecule has 2 aromatic heterocycles. The van der Waals surface area contributed by atoms with Crippen molar-refractivity contribution >= 4 is 27.4 Å². The number of halogens is 3. The molecule has 30 heavy (non-hydrogen) atoms. The SMILES string of the molecule is N[C@@H](CNc1nnc(-c2ccc3ncncc3c2)s1)Cc1ccc(C(F)(F)F)cc1. The molecule has 0 aliphatic heterocycles. The number of alkyl halides is 3. The monoisotopic (exact) mass is 430 g/mol. The second-order valence-corrected chi connectivity index (χ2v) is 7.73. The summed E-state index contributed by atoms with van der Waals surface area (Å²) in [5.74, 6) is 0. The lowest BCUT2D eigenvalue weighted by Gasteiger charge is -2.13. The Morgan fingerprint density at radius 2 is 1.87 bits per heavy atom. The molecule has 2 aromatic carbocycles. The Morgan fingerprint density at radius 1 is 1.07 bits per heavy atom. The number of nitrogens with zero attached hydrogens (tertiary/aromatic N) is 4. The predicted octanol–water partition coefficient (Wildman–Crippen LogP) is 4.15. The first-order chi connectivity index (χ1) is 14.4. The van der Waals surface area contributed by atoms with Crippen molar-refractivity contribution in [1.82, 2.24) is 20.2 Å². The van der Waals surface area contributed by atoms with E-state index >= 15 is 0 Å². The lowest BCUT2D eigenvalue weighted by molar-refractivity contribution is -0.137. The number of rotatable bonds is 6. The average Bonchev–Trinajstić information content (AvgIpc) is 3.21. The maximum atomic E-state index is 12.6. The molecule has 3 N–H and O–H groups in total. The van der Waals surface area contributed by atoms with Crippen molar-refractivity contribution in [2.45, 2.75) is 18.6 Å². The average molecular weight is 430 g/mol. The van der Waals surface area contributed by atoms with E-state index in [-0.39, 0.29) is 6.04 Å². The van der Waals surface area contributed by atoms with Crippen LogP contribution in [0.2, 0.25) is 0 Å². The van der Waals surface area contributed by atoms with Crippen LogP contribution in [0.15, 0.2) is 55.0 Å². The van der Waals surface area contributed by atoms with Gasteiger partial charge in [-0.15, -0.1) is 10.2 Å². The summed E-state index contributed by atoms with van der Waals surface area (Å²) >= 11 is 1.39. The van der Waals surface area contributed by atoms with Gasteiger partial charge in [-0.05, 0) is 42.3 Å². The Bertz CT molecular complexity index is 1140. The Labute approximate surface area is 174 Å². The molecular weight excluding hydrogens is 413 g/mol. The van der Waals surface area contributed by atoms with Crippen molar-refractivity contribution in [1.29, 1.82) is 0 Å². The molecule has 154 valence electrons. The highest BCUT2D eigenvalue weighted by Crippen LogP contribution is 2.30. The van der Waals surface area contributed by atoms with Gasteiger partial charge in [0.05, 0.1) is 11.1 Å². The van der Waals surface area contributed by atoms with Crippen LogP contribution in [0.1, 0.15) is 11.1 Å². The van der Waals surface area contributed by atoms with Crippen LogP contribution in [0.3, 0.4) is 0 Å². The van der Waals surface area contributed by atoms with Crippen LogP contribution < -0.4 is 11.1 Å². The third-order valence-electron chi connectivity index (χ3n) is 4.47. The van der Waals surface area contributed by atoms with Crippen LogP contribution in [0, 0.1) is 0 Å². The number of anilines is 1. The quantitative estimate of drug-likeness (QED) is 0.478. The molecule has 4 rings (SSSR count). The molecule has 0 bridgehead atoms. The van der Waals surface area contributed by atoms with Gasteiger partial charge >= 0.3 is 6.18 Å². The number of nitrogens with two attached hydrogens (primary N) is 1. The van der Waals surface area contributed by atoms with Crippen molar-refractivity contribution in [2.24, 2.45) is 5.73 Å². The van der Waals surface area contributed by atoms with Gasteiger partial charge < -0.3 is 11.1 Å². The van der Waals surface area contributed by atoms with Crippen molar-refractivity contribution in [3.63, 3.8) is 0 Å². The first-order valence-corrected chi connectivity index (χ1v) is 9.89. The standard InChI is InChI=1S/C20H17F3N6S/c21-20(22,23)15-4-1-12(2-5-15)7-16(24)10-26-19-29-28-18(30-19)13-3-6-17-14(8-13)9-25-11-27-17/h1-6,8-9,11,16H,7,10,24H2,(H,26,29)/t16-/m1/s1. The lowest BCUT2D eigenvalue weighted by Crippen LogP contribution is -2.31. The van der Waals surface area contributed by atoms with E-state index in [1.54, 1.807) is 6.20 Å². The van der Waals surface area contributed by atoms with Gasteiger partial charge in [-0.25, -0.2) is 9.97 Å². The second-order valence-electron chi connectivity index (χ2n) is 6.75. The summed E-state index contributed by atoms with van der Waals surface area (Å²) in [7, 11) is 0. The lowest BCUT2D eigenvalue weighted by atomic mass is 10.0. The number of benzene rings is 2. The van der Waals surface area contributed by atoms with Crippen LogP contribution in [0.5, 0.6) is 0 Å². The summed E-state index contributed by atoms with van der Waals surface area (Å²) < 4.78 is 37.9. The van der Waals surface area contributed by atoms with E-state index in [0.29, 0.717) is 18.1 Å². The minimum Gasteiger partial charge on any atom is -0.359 e. The highest BCUT2D eigenvalue weighted by atomic mass is 32.1. The molecular formula is C20H17F3N6S. The van der Waals surface area contributed by atoms with Gasteiger partial charge in [0, 0.05) is 29.7 Å². The number of hydrogen-bond acceptors (Lipinski definition) is 7. The molecule has 0 unspecified atom stereocenters. The molecule has 10 heteroatoms. The van der Waals surface area contributed by atoms with Gasteiger partial charge in [-0.2, -0.15) is 13.2 Å². The highest BCUT2D eigenvalue weighted by Gasteiger charge is 2.29. The zero-order valence-corrected chi connectivity index (χ0v) is 16.4. The third-order valence-corrected chi connectivity index (χ3v) is 5.40. The molecule has 2 heterocycles. The van der Waals surface area contributed by atoms with Gasteiger partial charge in [-0.3, -0.25) is 0 Å². The van der Waals surface area contributed by atoms with E-state index in [4.69, 9.17) is 5.73 Å². The Hall–Kier alpha value is -3.11. The Balaban J connectivity index is 1.35. The molecule has 0 saturated heterocycles. The van der Waals surface area contributed by atoms with Gasteiger partial charge in [0.2, 0.25) is 5.13 Å². The zero-order chi connectivity index (χ0) is 21.1. The van der Waals surface area contributed by atoms with Crippen LogP contribution in [0.25, 0.3) is 21.5 Å². The number of nitrogens with one attached hydrogen (secondary N) is 1. The van der Waals surface area contributed by atoms with E-state index in [1.807, 2.05) is 18.2 Å². The molecule has 0 aliphatic carbocycles. The van der Waals surface area contributed by atoms with Crippen molar-refractivity contribution in [2.75, 3.05) is 11.9 Å². The normalized spacial score (nSPS) is 12.8. The number of aromatic nitrogens is 4. The summed E-state index contributed by atoms with van der Waals surface area (Å²) in [6.07, 6.45) is -0.646. The summed E-state index contributed by atoms with van der Waals surface area (Å²) in [5, 5.41) is 13.8. The molecule has 0 aliphatic rings. The van der Waals surface area contributed by atoms with Gasteiger partial charge in [-0.1, -0.05) is 23.5 Å². The summed E-state index contributed by atoms with van der Waals surface area (Å²) in [5.41, 5.74) is 7.96. The molecule has 6 nitrogen and oxygen atoms in total. The van der Waals surface area contributed by atoms with Crippen molar-refractivity contribution < 1.29 is 13.2 Å². The van der Waals surface area contributed by atoms with Crippen molar-refractivity contribution in [3.8, 4) is 10.6 Å². The van der Waals surface area contributed by atoms with E-state index in [1.165, 1.54) is 29.8 Å². The van der Waals surface area contributed by atoms with Crippen LogP contribution >= 0.6 is 11.3 Å². The van der Waals surface area contributed by atoms with Crippen LogP contribution in [-0.2, 0) is 12.6 Å². The van der Waals surface area contributed by atoms with Crippen LogP contribution in [-0.4, -0.2) is 32.8 Å². The molecule has 1 atom stereocenters. The first-order valence-electron chi connectivity index (χ1n) is 9.08. The summed E-state index contributed by atoms with van der Waals surface area (Å²) in [4.78, 5) is 8.22. The molecule has 4 aromatic rings. The largest absolute Gasteiger partial charge is 0.416 e. The molecule has 0 radical (unpaired) electrons. The molecule has 0 amide bonds. The van der Waals surface area contributed by atoms with Crippen LogP contribution in [0.4, 0.5) is 18.3 Å². The first kappa shape index (κ1) is 20.2. The number of hydrogen-bond donors (Lipinski definition) is 2. The fourth-order valence-corrected chi connectivity index (χ4v) is 3.70. The topological polar surface area (TPSA) is 89.6 Å². The summed E-state index contributed by atoms with van der Waals surface area (Å²) in [6, 6.07) is 10.5. The van der Waals surface area contributed by atoms with E-state index < -0.39 is 11.7 Å². The summed E-state index contributed by atoms with van der Waals surface area (Å²) in [6.45, 7) is 0.418. The fraction of sp³-hybridized carbons (Fsp3) is 0.200. The zero-order valence-electron chi connectivity index (χ0n) is 15.6. The smallest absolute Gasteiger partial charge is 0.359 e. The van der Waals surface area contributed by atoms with E-state index in [2.05, 4.69) is 25.5 Å².